The summed E-state index contributed by atoms with van der Waals surface area (Å²) in [5.74, 6) is 0.158. The Hall–Kier alpha value is -4.07. The zero-order valence-electron chi connectivity index (χ0n) is 23.3. The van der Waals surface area contributed by atoms with Gasteiger partial charge < -0.3 is 14.7 Å². The number of hydrogen-bond acceptors (Lipinski definition) is 6. The number of pyridine rings is 2. The zero-order valence-corrected chi connectivity index (χ0v) is 23.3. The molecule has 7 heteroatoms. The van der Waals surface area contributed by atoms with Crippen LogP contribution in [0, 0.1) is 5.92 Å². The predicted octanol–water partition coefficient (Wildman–Crippen LogP) is 5.16. The summed E-state index contributed by atoms with van der Waals surface area (Å²) in [6, 6.07) is 24.3. The van der Waals surface area contributed by atoms with E-state index in [9.17, 15) is 9.90 Å². The van der Waals surface area contributed by atoms with Crippen molar-refractivity contribution in [2.75, 3.05) is 26.7 Å². The Morgan fingerprint density at radius 1 is 1.00 bits per heavy atom. The summed E-state index contributed by atoms with van der Waals surface area (Å²) in [6.07, 6.45) is 4.98. The Morgan fingerprint density at radius 2 is 1.73 bits per heavy atom. The van der Waals surface area contributed by atoms with Crippen LogP contribution < -0.4 is 4.74 Å². The molecule has 3 heterocycles. The second-order valence-corrected chi connectivity index (χ2v) is 10.7. The fourth-order valence-electron chi connectivity index (χ4n) is 5.13. The van der Waals surface area contributed by atoms with Crippen LogP contribution >= 0.6 is 0 Å². The number of benzene rings is 2. The summed E-state index contributed by atoms with van der Waals surface area (Å²) in [7, 11) is 2.08. The van der Waals surface area contributed by atoms with E-state index in [1.807, 2.05) is 31.2 Å². The molecule has 1 amide bonds. The van der Waals surface area contributed by atoms with Gasteiger partial charge in [-0.05, 0) is 42.8 Å². The summed E-state index contributed by atoms with van der Waals surface area (Å²) in [6.45, 7) is 5.73. The van der Waals surface area contributed by atoms with Gasteiger partial charge in [0.15, 0.2) is 0 Å². The van der Waals surface area contributed by atoms with Crippen molar-refractivity contribution in [2.45, 2.75) is 32.5 Å². The van der Waals surface area contributed by atoms with Crippen LogP contribution in [0.5, 0.6) is 5.88 Å². The molecule has 0 saturated carbocycles. The van der Waals surface area contributed by atoms with Gasteiger partial charge >= 0.3 is 0 Å². The number of aliphatic hydroxyl groups excluding tert-OH is 1. The fourth-order valence-corrected chi connectivity index (χ4v) is 5.13. The maximum absolute atomic E-state index is 13.7. The lowest BCUT2D eigenvalue weighted by atomic mass is 9.99. The average molecular weight is 537 g/mol. The van der Waals surface area contributed by atoms with Crippen molar-refractivity contribution < 1.29 is 14.6 Å². The number of aliphatic hydroxyl groups is 1. The molecule has 206 valence electrons. The largest absolute Gasteiger partial charge is 0.472 e. The molecule has 0 saturated heterocycles. The lowest BCUT2D eigenvalue weighted by Crippen LogP contribution is -2.49. The van der Waals surface area contributed by atoms with Crippen LogP contribution in [0.25, 0.3) is 22.3 Å². The minimum atomic E-state index is -0.329. The molecule has 0 aliphatic carbocycles. The Bertz CT molecular complexity index is 1410. The minimum Gasteiger partial charge on any atom is -0.472 e. The number of carbonyl (C=O) groups is 1. The molecule has 0 radical (unpaired) electrons. The molecular weight excluding hydrogens is 500 g/mol. The van der Waals surface area contributed by atoms with E-state index in [1.165, 1.54) is 16.7 Å². The minimum absolute atomic E-state index is 0.0220. The maximum atomic E-state index is 13.7. The first-order chi connectivity index (χ1) is 19.4. The third-order valence-corrected chi connectivity index (χ3v) is 7.52. The number of fused-ring (bicyclic) bond motifs is 1. The molecule has 40 heavy (non-hydrogen) atoms. The van der Waals surface area contributed by atoms with Gasteiger partial charge in [-0.3, -0.25) is 14.7 Å². The van der Waals surface area contributed by atoms with E-state index in [2.05, 4.69) is 77.4 Å². The normalized spacial score (nSPS) is 18.0. The highest BCUT2D eigenvalue weighted by atomic mass is 16.5. The molecule has 2 aromatic heterocycles. The highest BCUT2D eigenvalue weighted by molar-refractivity contribution is 5.98. The Labute approximate surface area is 236 Å². The van der Waals surface area contributed by atoms with Crippen molar-refractivity contribution in [3.63, 3.8) is 0 Å². The molecular formula is C33H36N4O3. The summed E-state index contributed by atoms with van der Waals surface area (Å²) < 4.78 is 6.48. The van der Waals surface area contributed by atoms with Gasteiger partial charge in [0.05, 0.1) is 12.6 Å². The number of carbonyl (C=O) groups excluding carboxylic acids is 1. The molecule has 1 aliphatic rings. The molecule has 4 aromatic rings. The molecule has 0 bridgehead atoms. The van der Waals surface area contributed by atoms with Crippen molar-refractivity contribution in [3.8, 4) is 28.1 Å². The van der Waals surface area contributed by atoms with E-state index in [0.29, 0.717) is 24.5 Å². The van der Waals surface area contributed by atoms with Gasteiger partial charge in [0.25, 0.3) is 5.91 Å². The second-order valence-electron chi connectivity index (χ2n) is 10.7. The number of nitrogens with zero attached hydrogens (tertiary/aromatic N) is 4. The van der Waals surface area contributed by atoms with E-state index in [4.69, 9.17) is 4.74 Å². The van der Waals surface area contributed by atoms with E-state index in [1.54, 1.807) is 23.5 Å². The van der Waals surface area contributed by atoms with E-state index in [-0.39, 0.29) is 30.6 Å². The topological polar surface area (TPSA) is 78.8 Å². The van der Waals surface area contributed by atoms with Crippen molar-refractivity contribution in [3.05, 3.63) is 103 Å². The number of aromatic nitrogens is 2. The second kappa shape index (κ2) is 12.4. The molecule has 1 aliphatic heterocycles. The Morgan fingerprint density at radius 3 is 2.42 bits per heavy atom. The number of hydrogen-bond donors (Lipinski definition) is 1. The van der Waals surface area contributed by atoms with Gasteiger partial charge in [-0.15, -0.1) is 0 Å². The molecule has 0 unspecified atom stereocenters. The van der Waals surface area contributed by atoms with Crippen LogP contribution in [0.1, 0.15) is 29.8 Å². The van der Waals surface area contributed by atoms with Crippen LogP contribution in [0.4, 0.5) is 0 Å². The monoisotopic (exact) mass is 536 g/mol. The number of likely N-dealkylation sites (N-methyl/N-ethyl adjacent to an activating group) is 1. The van der Waals surface area contributed by atoms with Crippen LogP contribution in [-0.4, -0.2) is 69.7 Å². The average Bonchev–Trinajstić information content (AvgIpc) is 2.99. The summed E-state index contributed by atoms with van der Waals surface area (Å²) in [4.78, 5) is 26.5. The standard InChI is InChI=1S/C33H36N4O3/c1-23-19-37(24(2)22-38)33(39)30-16-29(28-10-7-15-34-17-28)18-35-32(30)40-31(23)21-36(3)20-25-11-13-27(14-12-25)26-8-5-4-6-9-26/h4-18,23-24,31,38H,19-22H2,1-3H3/t23-,24-,31-/m0/s1. The number of ether oxygens (including phenoxy) is 1. The van der Waals surface area contributed by atoms with Gasteiger partial charge in [0.1, 0.15) is 11.7 Å². The maximum Gasteiger partial charge on any atom is 0.259 e. The fraction of sp³-hybridized carbons (Fsp3) is 0.303. The number of rotatable bonds is 8. The predicted molar refractivity (Wildman–Crippen MR) is 157 cm³/mol. The quantitative estimate of drug-likeness (QED) is 0.335. The van der Waals surface area contributed by atoms with Crippen molar-refractivity contribution >= 4 is 5.91 Å². The summed E-state index contributed by atoms with van der Waals surface area (Å²) in [5.41, 5.74) is 5.68. The van der Waals surface area contributed by atoms with Crippen LogP contribution in [-0.2, 0) is 6.54 Å². The van der Waals surface area contributed by atoms with Gasteiger partial charge in [-0.25, -0.2) is 4.98 Å². The molecule has 0 fully saturated rings. The van der Waals surface area contributed by atoms with Gasteiger partial charge in [0, 0.05) is 55.3 Å². The van der Waals surface area contributed by atoms with Crippen LogP contribution in [0.15, 0.2) is 91.4 Å². The Balaban J connectivity index is 1.37. The third-order valence-electron chi connectivity index (χ3n) is 7.52. The summed E-state index contributed by atoms with van der Waals surface area (Å²) in [5, 5.41) is 9.94. The first kappa shape index (κ1) is 27.5. The van der Waals surface area contributed by atoms with Gasteiger partial charge in [-0.2, -0.15) is 0 Å². The van der Waals surface area contributed by atoms with Crippen molar-refractivity contribution in [1.82, 2.24) is 19.8 Å². The molecule has 2 aromatic carbocycles. The zero-order chi connectivity index (χ0) is 28.1. The van der Waals surface area contributed by atoms with Crippen molar-refractivity contribution in [2.24, 2.45) is 5.92 Å². The molecule has 7 nitrogen and oxygen atoms in total. The van der Waals surface area contributed by atoms with Gasteiger partial charge in [-0.1, -0.05) is 67.6 Å². The Kier molecular flexibility index (Phi) is 8.53. The van der Waals surface area contributed by atoms with Crippen LogP contribution in [0.2, 0.25) is 0 Å². The third kappa shape index (κ3) is 6.22. The van der Waals surface area contributed by atoms with Crippen molar-refractivity contribution in [1.29, 1.82) is 0 Å². The first-order valence-electron chi connectivity index (χ1n) is 13.7. The van der Waals surface area contributed by atoms with E-state index in [0.717, 1.165) is 17.7 Å². The van der Waals surface area contributed by atoms with E-state index >= 15 is 0 Å². The molecule has 0 spiro atoms. The molecule has 3 atom stereocenters. The van der Waals surface area contributed by atoms with E-state index < -0.39 is 0 Å². The SMILES string of the molecule is C[C@H]1CN([C@@H](C)CO)C(=O)c2cc(-c3cccnc3)cnc2O[C@H]1CN(C)Cc1ccc(-c2ccccc2)cc1. The van der Waals surface area contributed by atoms with Gasteiger partial charge in [0.2, 0.25) is 5.88 Å². The smallest absolute Gasteiger partial charge is 0.259 e. The first-order valence-corrected chi connectivity index (χ1v) is 13.7. The molecule has 1 N–H and O–H groups in total. The van der Waals surface area contributed by atoms with Crippen LogP contribution in [0.3, 0.4) is 0 Å². The number of amides is 1. The molecule has 5 rings (SSSR count). The highest BCUT2D eigenvalue weighted by Crippen LogP contribution is 2.30. The summed E-state index contributed by atoms with van der Waals surface area (Å²) >= 11 is 0. The lowest BCUT2D eigenvalue weighted by Gasteiger charge is -2.37. The highest BCUT2D eigenvalue weighted by Gasteiger charge is 2.34. The lowest BCUT2D eigenvalue weighted by molar-refractivity contribution is 0.0325.